The largest absolute Gasteiger partial charge is 0.454 e. The fourth-order valence-corrected chi connectivity index (χ4v) is 2.88. The van der Waals surface area contributed by atoms with E-state index in [1.54, 1.807) is 24.4 Å². The standard InChI is InChI=1S/C21H17N3O4/c25-20(12-22-21(26)15-8-9-18-19(10-15)28-13-27-18)24-23-11-16-6-3-5-14-4-1-2-7-17(14)16/h1-11H,12-13H2,(H,22,26)(H,24,25). The molecule has 0 unspecified atom stereocenters. The molecule has 0 spiro atoms. The quantitative estimate of drug-likeness (QED) is 0.530. The Balaban J connectivity index is 1.32. The minimum Gasteiger partial charge on any atom is -0.454 e. The Morgan fingerprint density at radius 1 is 1.00 bits per heavy atom. The van der Waals surface area contributed by atoms with E-state index in [0.29, 0.717) is 17.1 Å². The van der Waals surface area contributed by atoms with Gasteiger partial charge in [-0.1, -0.05) is 42.5 Å². The van der Waals surface area contributed by atoms with Gasteiger partial charge in [0.05, 0.1) is 12.8 Å². The van der Waals surface area contributed by atoms with Crippen molar-refractivity contribution in [1.29, 1.82) is 0 Å². The molecule has 28 heavy (non-hydrogen) atoms. The second-order valence-electron chi connectivity index (χ2n) is 6.11. The van der Waals surface area contributed by atoms with Crippen molar-refractivity contribution in [2.24, 2.45) is 5.10 Å². The van der Waals surface area contributed by atoms with E-state index in [1.807, 2.05) is 42.5 Å². The van der Waals surface area contributed by atoms with Gasteiger partial charge in [-0.25, -0.2) is 5.43 Å². The summed E-state index contributed by atoms with van der Waals surface area (Å²) in [6.07, 6.45) is 1.58. The molecule has 1 aliphatic heterocycles. The molecule has 0 atom stereocenters. The molecule has 2 N–H and O–H groups in total. The summed E-state index contributed by atoms with van der Waals surface area (Å²) in [6, 6.07) is 18.6. The van der Waals surface area contributed by atoms with Crippen molar-refractivity contribution in [3.8, 4) is 11.5 Å². The average molecular weight is 375 g/mol. The van der Waals surface area contributed by atoms with Gasteiger partial charge in [-0.3, -0.25) is 9.59 Å². The zero-order valence-corrected chi connectivity index (χ0v) is 14.8. The molecule has 0 saturated carbocycles. The first kappa shape index (κ1) is 17.5. The number of nitrogens with zero attached hydrogens (tertiary/aromatic N) is 1. The fourth-order valence-electron chi connectivity index (χ4n) is 2.88. The van der Waals surface area contributed by atoms with E-state index < -0.39 is 5.91 Å². The van der Waals surface area contributed by atoms with Crippen LogP contribution in [-0.4, -0.2) is 31.4 Å². The first-order valence-electron chi connectivity index (χ1n) is 8.68. The molecule has 3 aromatic rings. The van der Waals surface area contributed by atoms with Crippen LogP contribution < -0.4 is 20.2 Å². The number of ether oxygens (including phenoxy) is 2. The second-order valence-corrected chi connectivity index (χ2v) is 6.11. The van der Waals surface area contributed by atoms with Crippen LogP contribution in [0.15, 0.2) is 65.8 Å². The number of fused-ring (bicyclic) bond motifs is 2. The first-order chi connectivity index (χ1) is 13.7. The lowest BCUT2D eigenvalue weighted by molar-refractivity contribution is -0.120. The summed E-state index contributed by atoms with van der Waals surface area (Å²) < 4.78 is 10.4. The van der Waals surface area contributed by atoms with Crippen molar-refractivity contribution in [2.45, 2.75) is 0 Å². The summed E-state index contributed by atoms with van der Waals surface area (Å²) in [4.78, 5) is 24.1. The number of hydrogen-bond acceptors (Lipinski definition) is 5. The zero-order chi connectivity index (χ0) is 19.3. The molecule has 0 radical (unpaired) electrons. The van der Waals surface area contributed by atoms with Crippen molar-refractivity contribution in [3.05, 3.63) is 71.8 Å². The minimum absolute atomic E-state index is 0.136. The van der Waals surface area contributed by atoms with Crippen LogP contribution in [0.1, 0.15) is 15.9 Å². The molecule has 0 saturated heterocycles. The van der Waals surface area contributed by atoms with Crippen molar-refractivity contribution in [3.63, 3.8) is 0 Å². The summed E-state index contributed by atoms with van der Waals surface area (Å²) in [5, 5.41) is 8.66. The molecule has 0 aromatic heterocycles. The normalized spacial score (nSPS) is 12.3. The third kappa shape index (κ3) is 3.78. The van der Waals surface area contributed by atoms with Gasteiger partial charge >= 0.3 is 0 Å². The highest BCUT2D eigenvalue weighted by Crippen LogP contribution is 2.32. The molecular weight excluding hydrogens is 358 g/mol. The highest BCUT2D eigenvalue weighted by atomic mass is 16.7. The van der Waals surface area contributed by atoms with Gasteiger partial charge in [0.25, 0.3) is 11.8 Å². The van der Waals surface area contributed by atoms with Crippen LogP contribution in [-0.2, 0) is 4.79 Å². The van der Waals surface area contributed by atoms with Crippen molar-refractivity contribution in [1.82, 2.24) is 10.7 Å². The Bertz CT molecular complexity index is 1070. The molecule has 1 aliphatic rings. The Morgan fingerprint density at radius 3 is 2.75 bits per heavy atom. The lowest BCUT2D eigenvalue weighted by Gasteiger charge is -2.05. The molecule has 0 fully saturated rings. The Kier molecular flexibility index (Phi) is 4.88. The molecule has 3 aromatic carbocycles. The van der Waals surface area contributed by atoms with Crippen LogP contribution in [0.3, 0.4) is 0 Å². The third-order valence-corrected chi connectivity index (χ3v) is 4.26. The van der Waals surface area contributed by atoms with Gasteiger partial charge < -0.3 is 14.8 Å². The van der Waals surface area contributed by atoms with Gasteiger partial charge in [-0.05, 0) is 29.0 Å². The first-order valence-corrected chi connectivity index (χ1v) is 8.68. The van der Waals surface area contributed by atoms with Crippen LogP contribution >= 0.6 is 0 Å². The molecule has 140 valence electrons. The number of carbonyl (C=O) groups excluding carboxylic acids is 2. The third-order valence-electron chi connectivity index (χ3n) is 4.26. The van der Waals surface area contributed by atoms with Crippen molar-refractivity contribution < 1.29 is 19.1 Å². The van der Waals surface area contributed by atoms with E-state index in [2.05, 4.69) is 15.8 Å². The maximum absolute atomic E-state index is 12.2. The van der Waals surface area contributed by atoms with E-state index in [4.69, 9.17) is 9.47 Å². The van der Waals surface area contributed by atoms with Gasteiger partial charge in [0, 0.05) is 11.1 Å². The lowest BCUT2D eigenvalue weighted by atomic mass is 10.1. The Morgan fingerprint density at radius 2 is 1.82 bits per heavy atom. The van der Waals surface area contributed by atoms with E-state index in [9.17, 15) is 9.59 Å². The van der Waals surface area contributed by atoms with Crippen LogP contribution in [0.4, 0.5) is 0 Å². The topological polar surface area (TPSA) is 89.0 Å². The number of hydrazone groups is 1. The number of benzene rings is 3. The molecule has 7 nitrogen and oxygen atoms in total. The van der Waals surface area contributed by atoms with Gasteiger partial charge in [-0.2, -0.15) is 5.10 Å². The maximum Gasteiger partial charge on any atom is 0.259 e. The number of carbonyl (C=O) groups is 2. The van der Waals surface area contributed by atoms with E-state index in [1.165, 1.54) is 0 Å². The predicted octanol–water partition coefficient (Wildman–Crippen LogP) is 2.45. The Hall–Kier alpha value is -3.87. The zero-order valence-electron chi connectivity index (χ0n) is 14.8. The van der Waals surface area contributed by atoms with Crippen LogP contribution in [0.25, 0.3) is 10.8 Å². The van der Waals surface area contributed by atoms with E-state index in [-0.39, 0.29) is 19.2 Å². The predicted molar refractivity (Wildman–Crippen MR) is 105 cm³/mol. The lowest BCUT2D eigenvalue weighted by Crippen LogP contribution is -2.34. The van der Waals surface area contributed by atoms with E-state index in [0.717, 1.165) is 16.3 Å². The SMILES string of the molecule is O=C(CNC(=O)c1ccc2c(c1)OCO2)NN=Cc1cccc2ccccc12. The van der Waals surface area contributed by atoms with Crippen LogP contribution in [0, 0.1) is 0 Å². The van der Waals surface area contributed by atoms with Crippen molar-refractivity contribution in [2.75, 3.05) is 13.3 Å². The maximum atomic E-state index is 12.2. The minimum atomic E-state index is -0.425. The van der Waals surface area contributed by atoms with Crippen LogP contribution in [0.2, 0.25) is 0 Å². The van der Waals surface area contributed by atoms with Gasteiger partial charge in [0.15, 0.2) is 11.5 Å². The number of nitrogens with one attached hydrogen (secondary N) is 2. The summed E-state index contributed by atoms with van der Waals surface area (Å²) in [5.41, 5.74) is 3.69. The smallest absolute Gasteiger partial charge is 0.259 e. The second kappa shape index (κ2) is 7.79. The number of rotatable bonds is 5. The number of amides is 2. The molecule has 4 rings (SSSR count). The molecule has 7 heteroatoms. The summed E-state index contributed by atoms with van der Waals surface area (Å²) in [7, 11) is 0. The Labute approximate surface area is 161 Å². The number of hydrogen-bond donors (Lipinski definition) is 2. The van der Waals surface area contributed by atoms with Crippen LogP contribution in [0.5, 0.6) is 11.5 Å². The molecule has 1 heterocycles. The highest BCUT2D eigenvalue weighted by Gasteiger charge is 2.16. The molecular formula is C21H17N3O4. The van der Waals surface area contributed by atoms with E-state index >= 15 is 0 Å². The fraction of sp³-hybridized carbons (Fsp3) is 0.0952. The molecule has 0 bridgehead atoms. The van der Waals surface area contributed by atoms with Crippen molar-refractivity contribution >= 4 is 28.8 Å². The summed E-state index contributed by atoms with van der Waals surface area (Å²) in [5.74, 6) is 0.297. The highest BCUT2D eigenvalue weighted by molar-refractivity contribution is 6.00. The molecule has 2 amide bonds. The summed E-state index contributed by atoms with van der Waals surface area (Å²) >= 11 is 0. The molecule has 0 aliphatic carbocycles. The average Bonchev–Trinajstić information content (AvgIpc) is 3.20. The monoisotopic (exact) mass is 375 g/mol. The van der Waals surface area contributed by atoms with Gasteiger partial charge in [-0.15, -0.1) is 0 Å². The van der Waals surface area contributed by atoms with Gasteiger partial charge in [0.2, 0.25) is 6.79 Å². The van der Waals surface area contributed by atoms with Gasteiger partial charge in [0.1, 0.15) is 0 Å². The summed E-state index contributed by atoms with van der Waals surface area (Å²) in [6.45, 7) is -0.0579.